The highest BCUT2D eigenvalue weighted by atomic mass is 32.2. The third-order valence-corrected chi connectivity index (χ3v) is 4.44. The summed E-state index contributed by atoms with van der Waals surface area (Å²) in [6, 6.07) is 6.44. The van der Waals surface area contributed by atoms with Crippen LogP contribution in [-0.2, 0) is 10.0 Å². The highest BCUT2D eigenvalue weighted by molar-refractivity contribution is 7.89. The molecule has 0 heterocycles. The second kappa shape index (κ2) is 5.69. The Balaban J connectivity index is 2.91. The Morgan fingerprint density at radius 3 is 2.22 bits per heavy atom. The summed E-state index contributed by atoms with van der Waals surface area (Å²) in [6.07, 6.45) is 0.764. The van der Waals surface area contributed by atoms with Crippen molar-refractivity contribution in [3.05, 3.63) is 24.3 Å². The maximum absolute atomic E-state index is 11.5. The number of aliphatic hydroxyl groups is 1. The number of rotatable bonds is 6. The summed E-state index contributed by atoms with van der Waals surface area (Å²) < 4.78 is 25.3. The summed E-state index contributed by atoms with van der Waals surface area (Å²) in [5.74, 6) is 0. The first-order valence-corrected chi connectivity index (χ1v) is 7.28. The van der Waals surface area contributed by atoms with Crippen molar-refractivity contribution >= 4 is 15.7 Å². The maximum Gasteiger partial charge on any atom is 0.240 e. The summed E-state index contributed by atoms with van der Waals surface area (Å²) in [5.41, 5.74) is 0.382. The van der Waals surface area contributed by atoms with Gasteiger partial charge in [0, 0.05) is 5.69 Å². The molecule has 5 nitrogen and oxygen atoms in total. The molecule has 1 aromatic carbocycles. The van der Waals surface area contributed by atoms with Crippen LogP contribution in [0.1, 0.15) is 20.3 Å². The molecule has 1 unspecified atom stereocenters. The Morgan fingerprint density at radius 2 is 1.83 bits per heavy atom. The first kappa shape index (κ1) is 14.9. The van der Waals surface area contributed by atoms with Crippen molar-refractivity contribution in [3.8, 4) is 0 Å². The zero-order chi connectivity index (χ0) is 13.8. The fraction of sp³-hybridized carbons (Fsp3) is 0.500. The quantitative estimate of drug-likeness (QED) is 0.726. The lowest BCUT2D eigenvalue weighted by atomic mass is 10.00. The second-order valence-electron chi connectivity index (χ2n) is 4.43. The van der Waals surface area contributed by atoms with E-state index in [0.717, 1.165) is 12.1 Å². The lowest BCUT2D eigenvalue weighted by Crippen LogP contribution is -2.37. The predicted molar refractivity (Wildman–Crippen MR) is 72.1 cm³/mol. The lowest BCUT2D eigenvalue weighted by Gasteiger charge is -2.28. The molecule has 6 heteroatoms. The second-order valence-corrected chi connectivity index (χ2v) is 6.32. The van der Waals surface area contributed by atoms with Gasteiger partial charge < -0.3 is 10.4 Å². The van der Waals surface area contributed by atoms with E-state index < -0.39 is 15.6 Å². The molecule has 0 fully saturated rings. The van der Waals surface area contributed by atoms with E-state index in [0.29, 0.717) is 0 Å². The van der Waals surface area contributed by atoms with Gasteiger partial charge in [0.2, 0.25) is 10.0 Å². The van der Waals surface area contributed by atoms with Gasteiger partial charge in [0.05, 0.1) is 17.0 Å². The largest absolute Gasteiger partial charge is 0.394 e. The lowest BCUT2D eigenvalue weighted by molar-refractivity contribution is 0.219. The third kappa shape index (κ3) is 3.44. The van der Waals surface area contributed by atoms with Crippen LogP contribution in [0.5, 0.6) is 0 Å². The Bertz CT molecular complexity index is 479. The van der Waals surface area contributed by atoms with Gasteiger partial charge in [-0.2, -0.15) is 0 Å². The molecule has 0 amide bonds. The van der Waals surface area contributed by atoms with Gasteiger partial charge in [0.1, 0.15) is 0 Å². The Morgan fingerprint density at radius 1 is 1.28 bits per heavy atom. The molecule has 1 rings (SSSR count). The van der Waals surface area contributed by atoms with Crippen LogP contribution in [0.4, 0.5) is 5.69 Å². The Labute approximate surface area is 108 Å². The van der Waals surface area contributed by atoms with E-state index in [9.17, 15) is 13.5 Å². The summed E-state index contributed by atoms with van der Waals surface area (Å²) in [7, 11) is -2.02. The number of nitrogens with one attached hydrogen (secondary N) is 2. The van der Waals surface area contributed by atoms with Gasteiger partial charge in [-0.1, -0.05) is 6.92 Å². The van der Waals surface area contributed by atoms with Gasteiger partial charge in [-0.05, 0) is 44.7 Å². The summed E-state index contributed by atoms with van der Waals surface area (Å²) in [5, 5.41) is 12.5. The normalized spacial score (nSPS) is 15.1. The van der Waals surface area contributed by atoms with Gasteiger partial charge in [0.15, 0.2) is 0 Å². The molecule has 0 saturated heterocycles. The van der Waals surface area contributed by atoms with Crippen molar-refractivity contribution < 1.29 is 13.5 Å². The number of anilines is 1. The van der Waals surface area contributed by atoms with Gasteiger partial charge in [-0.3, -0.25) is 0 Å². The third-order valence-electron chi connectivity index (χ3n) is 3.01. The first-order chi connectivity index (χ1) is 8.37. The average Bonchev–Trinajstić information content (AvgIpc) is 2.39. The monoisotopic (exact) mass is 272 g/mol. The van der Waals surface area contributed by atoms with Crippen molar-refractivity contribution in [2.75, 3.05) is 19.0 Å². The van der Waals surface area contributed by atoms with E-state index in [1.165, 1.54) is 19.2 Å². The molecule has 0 aliphatic heterocycles. The van der Waals surface area contributed by atoms with Gasteiger partial charge >= 0.3 is 0 Å². The fourth-order valence-electron chi connectivity index (χ4n) is 1.42. The minimum absolute atomic E-state index is 0.0140. The molecule has 0 aromatic heterocycles. The molecule has 18 heavy (non-hydrogen) atoms. The molecule has 0 aliphatic rings. The SMILES string of the molecule is CCC(C)(CO)Nc1ccc(S(=O)(=O)NC)cc1. The van der Waals surface area contributed by atoms with Crippen LogP contribution in [0.25, 0.3) is 0 Å². The molecule has 1 atom stereocenters. The molecular weight excluding hydrogens is 252 g/mol. The van der Waals surface area contributed by atoms with Crippen molar-refractivity contribution in [1.82, 2.24) is 4.72 Å². The molecule has 0 aliphatic carbocycles. The summed E-state index contributed by atoms with van der Waals surface area (Å²) in [6.45, 7) is 3.90. The smallest absolute Gasteiger partial charge is 0.240 e. The number of sulfonamides is 1. The van der Waals surface area contributed by atoms with Crippen LogP contribution in [0, 0.1) is 0 Å². The van der Waals surface area contributed by atoms with Crippen molar-refractivity contribution in [3.63, 3.8) is 0 Å². The molecule has 0 radical (unpaired) electrons. The highest BCUT2D eigenvalue weighted by Gasteiger charge is 2.20. The maximum atomic E-state index is 11.5. The average molecular weight is 272 g/mol. The van der Waals surface area contributed by atoms with Crippen LogP contribution in [0.15, 0.2) is 29.2 Å². The summed E-state index contributed by atoms with van der Waals surface area (Å²) >= 11 is 0. The topological polar surface area (TPSA) is 78.4 Å². The number of hydrogen-bond acceptors (Lipinski definition) is 4. The van der Waals surface area contributed by atoms with Crippen LogP contribution in [0.2, 0.25) is 0 Å². The standard InChI is InChI=1S/C12H20N2O3S/c1-4-12(2,9-15)14-10-5-7-11(8-6-10)18(16,17)13-3/h5-8,13-15H,4,9H2,1-3H3. The van der Waals surface area contributed by atoms with E-state index in [4.69, 9.17) is 0 Å². The van der Waals surface area contributed by atoms with Gasteiger partial charge in [-0.25, -0.2) is 13.1 Å². The van der Waals surface area contributed by atoms with E-state index in [1.807, 2.05) is 13.8 Å². The highest BCUT2D eigenvalue weighted by Crippen LogP contribution is 2.19. The number of aliphatic hydroxyl groups excluding tert-OH is 1. The minimum Gasteiger partial charge on any atom is -0.394 e. The molecular formula is C12H20N2O3S. The van der Waals surface area contributed by atoms with Gasteiger partial charge in [0.25, 0.3) is 0 Å². The van der Waals surface area contributed by atoms with Crippen LogP contribution in [-0.4, -0.2) is 32.7 Å². The zero-order valence-corrected chi connectivity index (χ0v) is 11.7. The number of benzene rings is 1. The van der Waals surface area contributed by atoms with Crippen molar-refractivity contribution in [2.24, 2.45) is 0 Å². The predicted octanol–water partition coefficient (Wildman–Crippen LogP) is 1.17. The van der Waals surface area contributed by atoms with E-state index in [2.05, 4.69) is 10.0 Å². The zero-order valence-electron chi connectivity index (χ0n) is 10.9. The van der Waals surface area contributed by atoms with Gasteiger partial charge in [-0.15, -0.1) is 0 Å². The summed E-state index contributed by atoms with van der Waals surface area (Å²) in [4.78, 5) is 0.220. The molecule has 0 spiro atoms. The van der Waals surface area contributed by atoms with E-state index >= 15 is 0 Å². The molecule has 0 saturated carbocycles. The molecule has 3 N–H and O–H groups in total. The Kier molecular flexibility index (Phi) is 4.72. The minimum atomic E-state index is -3.40. The van der Waals surface area contributed by atoms with E-state index in [-0.39, 0.29) is 11.5 Å². The van der Waals surface area contributed by atoms with Crippen LogP contribution < -0.4 is 10.0 Å². The van der Waals surface area contributed by atoms with Crippen molar-refractivity contribution in [1.29, 1.82) is 0 Å². The van der Waals surface area contributed by atoms with Crippen LogP contribution in [0.3, 0.4) is 0 Å². The molecule has 1 aromatic rings. The van der Waals surface area contributed by atoms with Crippen molar-refractivity contribution in [2.45, 2.75) is 30.7 Å². The van der Waals surface area contributed by atoms with E-state index in [1.54, 1.807) is 12.1 Å². The molecule has 102 valence electrons. The molecule has 0 bridgehead atoms. The fourth-order valence-corrected chi connectivity index (χ4v) is 2.15. The Hall–Kier alpha value is -1.11. The first-order valence-electron chi connectivity index (χ1n) is 5.79. The van der Waals surface area contributed by atoms with Crippen LogP contribution >= 0.6 is 0 Å². The number of hydrogen-bond donors (Lipinski definition) is 3.